The van der Waals surface area contributed by atoms with Gasteiger partial charge in [-0.2, -0.15) is 0 Å². The molecule has 0 radical (unpaired) electrons. The highest BCUT2D eigenvalue weighted by Gasteiger charge is 2.03. The first-order valence-corrected chi connectivity index (χ1v) is 5.82. The van der Waals surface area contributed by atoms with Crippen molar-refractivity contribution in [3.63, 3.8) is 0 Å². The number of hydrogen-bond donors (Lipinski definition) is 2. The largest absolute Gasteiger partial charge is 0.370 e. The summed E-state index contributed by atoms with van der Waals surface area (Å²) in [7, 11) is 0. The lowest BCUT2D eigenvalue weighted by molar-refractivity contribution is 0.760. The lowest BCUT2D eigenvalue weighted by Crippen LogP contribution is -2.32. The zero-order valence-electron chi connectivity index (χ0n) is 10.5. The predicted molar refractivity (Wildman–Crippen MR) is 85.1 cm³/mol. The zero-order chi connectivity index (χ0) is 11.8. The Morgan fingerprint density at radius 3 is 2.59 bits per heavy atom. The highest BCUT2D eigenvalue weighted by Crippen LogP contribution is 2.14. The lowest BCUT2D eigenvalue weighted by Gasteiger charge is -2.09. The molecule has 1 unspecified atom stereocenters. The van der Waals surface area contributed by atoms with Crippen LogP contribution in [0.5, 0.6) is 0 Å². The Morgan fingerprint density at radius 2 is 2.00 bits per heavy atom. The summed E-state index contributed by atoms with van der Waals surface area (Å²) in [5.74, 6) is 0.952. The molecule has 17 heavy (non-hydrogen) atoms. The quantitative estimate of drug-likeness (QED) is 0.489. The molecule has 0 saturated carbocycles. The van der Waals surface area contributed by atoms with Gasteiger partial charge in [0, 0.05) is 19.0 Å². The van der Waals surface area contributed by atoms with Gasteiger partial charge in [-0.3, -0.25) is 4.99 Å². The first-order valence-electron chi connectivity index (χ1n) is 5.82. The minimum Gasteiger partial charge on any atom is -0.370 e. The summed E-state index contributed by atoms with van der Waals surface area (Å²) < 4.78 is 0. The first kappa shape index (κ1) is 16.2. The van der Waals surface area contributed by atoms with Gasteiger partial charge in [0.1, 0.15) is 0 Å². The number of guanidine groups is 1. The molecule has 0 spiro atoms. The predicted octanol–water partition coefficient (Wildman–Crippen LogP) is 2.72. The Balaban J connectivity index is 0.00000256. The molecule has 1 aromatic carbocycles. The number of hydrogen-bond acceptors (Lipinski definition) is 1. The van der Waals surface area contributed by atoms with Gasteiger partial charge in [0.15, 0.2) is 5.96 Å². The van der Waals surface area contributed by atoms with Crippen molar-refractivity contribution in [2.45, 2.75) is 26.2 Å². The van der Waals surface area contributed by atoms with Gasteiger partial charge in [0.25, 0.3) is 0 Å². The van der Waals surface area contributed by atoms with E-state index < -0.39 is 0 Å². The van der Waals surface area contributed by atoms with Crippen molar-refractivity contribution < 1.29 is 0 Å². The van der Waals surface area contributed by atoms with E-state index in [0.717, 1.165) is 19.5 Å². The fraction of sp³-hybridized carbons (Fsp3) is 0.462. The van der Waals surface area contributed by atoms with E-state index in [9.17, 15) is 0 Å². The second-order valence-corrected chi connectivity index (χ2v) is 3.96. The van der Waals surface area contributed by atoms with Crippen LogP contribution in [0.15, 0.2) is 35.3 Å². The van der Waals surface area contributed by atoms with E-state index >= 15 is 0 Å². The molecule has 0 aliphatic heterocycles. The minimum absolute atomic E-state index is 0. The Hall–Kier alpha value is -0.780. The highest BCUT2D eigenvalue weighted by atomic mass is 127. The summed E-state index contributed by atoms with van der Waals surface area (Å²) in [5.41, 5.74) is 7.03. The first-order chi connectivity index (χ1) is 7.74. The maximum absolute atomic E-state index is 5.73. The molecule has 0 aromatic heterocycles. The molecule has 0 saturated heterocycles. The molecule has 0 aliphatic rings. The van der Waals surface area contributed by atoms with Crippen LogP contribution in [0.3, 0.4) is 0 Å². The molecule has 1 rings (SSSR count). The summed E-state index contributed by atoms with van der Waals surface area (Å²) in [5, 5.41) is 3.07. The fourth-order valence-corrected chi connectivity index (χ4v) is 1.43. The van der Waals surface area contributed by atoms with Crippen molar-refractivity contribution in [1.29, 1.82) is 0 Å². The van der Waals surface area contributed by atoms with Crippen molar-refractivity contribution >= 4 is 29.9 Å². The van der Waals surface area contributed by atoms with Crippen molar-refractivity contribution in [3.8, 4) is 0 Å². The summed E-state index contributed by atoms with van der Waals surface area (Å²) in [4.78, 5) is 4.32. The van der Waals surface area contributed by atoms with Crippen LogP contribution in [0.2, 0.25) is 0 Å². The van der Waals surface area contributed by atoms with Crippen molar-refractivity contribution in [3.05, 3.63) is 35.9 Å². The number of nitrogens with zero attached hydrogens (tertiary/aromatic N) is 1. The molecule has 3 nitrogen and oxygen atoms in total. The van der Waals surface area contributed by atoms with Gasteiger partial charge < -0.3 is 11.1 Å². The van der Waals surface area contributed by atoms with Crippen LogP contribution in [0.25, 0.3) is 0 Å². The number of benzene rings is 1. The second kappa shape index (κ2) is 9.27. The highest BCUT2D eigenvalue weighted by molar-refractivity contribution is 14.0. The van der Waals surface area contributed by atoms with Crippen LogP contribution >= 0.6 is 24.0 Å². The van der Waals surface area contributed by atoms with Crippen LogP contribution in [0.1, 0.15) is 31.7 Å². The van der Waals surface area contributed by atoms with Crippen molar-refractivity contribution in [2.24, 2.45) is 10.7 Å². The van der Waals surface area contributed by atoms with E-state index in [0.29, 0.717) is 11.9 Å². The molecule has 1 aromatic rings. The van der Waals surface area contributed by atoms with Gasteiger partial charge in [-0.1, -0.05) is 44.2 Å². The molecular formula is C13H22IN3. The standard InChI is InChI=1S/C13H21N3.HI/c1-3-9-15-13(14)16-10-11(2)12-7-5-4-6-8-12;/h4-8,11H,3,9-10H2,1-2H3,(H3,14,15,16);1H. The summed E-state index contributed by atoms with van der Waals surface area (Å²) >= 11 is 0. The maximum atomic E-state index is 5.73. The number of aliphatic imine (C=N–C) groups is 1. The monoisotopic (exact) mass is 347 g/mol. The number of halogens is 1. The van der Waals surface area contributed by atoms with Crippen LogP contribution in [0.4, 0.5) is 0 Å². The van der Waals surface area contributed by atoms with Crippen LogP contribution < -0.4 is 11.1 Å². The van der Waals surface area contributed by atoms with Gasteiger partial charge in [0.2, 0.25) is 0 Å². The third kappa shape index (κ3) is 6.51. The Bertz CT molecular complexity index is 325. The van der Waals surface area contributed by atoms with Crippen molar-refractivity contribution in [2.75, 3.05) is 13.1 Å². The maximum Gasteiger partial charge on any atom is 0.188 e. The minimum atomic E-state index is 0. The van der Waals surface area contributed by atoms with E-state index in [1.807, 2.05) is 18.2 Å². The van der Waals surface area contributed by atoms with Gasteiger partial charge >= 0.3 is 0 Å². The summed E-state index contributed by atoms with van der Waals surface area (Å²) in [6, 6.07) is 10.4. The third-order valence-corrected chi connectivity index (χ3v) is 2.46. The summed E-state index contributed by atoms with van der Waals surface area (Å²) in [6.45, 7) is 5.88. The van der Waals surface area contributed by atoms with Gasteiger partial charge in [-0.25, -0.2) is 0 Å². The van der Waals surface area contributed by atoms with E-state index in [4.69, 9.17) is 5.73 Å². The fourth-order valence-electron chi connectivity index (χ4n) is 1.43. The zero-order valence-corrected chi connectivity index (χ0v) is 12.8. The molecule has 0 aliphatic carbocycles. The molecule has 0 amide bonds. The van der Waals surface area contributed by atoms with E-state index in [1.165, 1.54) is 5.56 Å². The molecule has 3 N–H and O–H groups in total. The topological polar surface area (TPSA) is 50.4 Å². The van der Waals surface area contributed by atoms with Crippen LogP contribution in [-0.4, -0.2) is 19.0 Å². The molecule has 0 fully saturated rings. The average Bonchev–Trinajstić information content (AvgIpc) is 2.34. The van der Waals surface area contributed by atoms with Crippen LogP contribution in [-0.2, 0) is 0 Å². The molecule has 0 bridgehead atoms. The Labute approximate surface area is 121 Å². The molecule has 4 heteroatoms. The summed E-state index contributed by atoms with van der Waals surface area (Å²) in [6.07, 6.45) is 1.06. The van der Waals surface area contributed by atoms with E-state index in [1.54, 1.807) is 0 Å². The normalized spacial score (nSPS) is 12.7. The van der Waals surface area contributed by atoms with Gasteiger partial charge in [-0.15, -0.1) is 24.0 Å². The third-order valence-electron chi connectivity index (χ3n) is 2.46. The van der Waals surface area contributed by atoms with Gasteiger partial charge in [-0.05, 0) is 12.0 Å². The lowest BCUT2D eigenvalue weighted by atomic mass is 10.0. The average molecular weight is 347 g/mol. The molecule has 0 heterocycles. The molecule has 1 atom stereocenters. The SMILES string of the molecule is CCCNC(N)=NCC(C)c1ccccc1.I. The van der Waals surface area contributed by atoms with E-state index in [-0.39, 0.29) is 24.0 Å². The smallest absolute Gasteiger partial charge is 0.188 e. The Kier molecular flexibility index (Phi) is 8.85. The number of nitrogens with two attached hydrogens (primary N) is 1. The van der Waals surface area contributed by atoms with Gasteiger partial charge in [0.05, 0.1) is 0 Å². The molecular weight excluding hydrogens is 325 g/mol. The van der Waals surface area contributed by atoms with Crippen molar-refractivity contribution in [1.82, 2.24) is 5.32 Å². The number of nitrogens with one attached hydrogen (secondary N) is 1. The molecule has 96 valence electrons. The van der Waals surface area contributed by atoms with E-state index in [2.05, 4.69) is 36.3 Å². The second-order valence-electron chi connectivity index (χ2n) is 3.96. The number of rotatable bonds is 5. The Morgan fingerprint density at radius 1 is 1.35 bits per heavy atom. The van der Waals surface area contributed by atoms with Crippen LogP contribution in [0, 0.1) is 0 Å².